The Kier molecular flexibility index (Phi) is 3.93. The highest BCUT2D eigenvalue weighted by atomic mass is 16.5. The number of carbonyl (C=O) groups is 1. The normalized spacial score (nSPS) is 37.1. The van der Waals surface area contributed by atoms with Gasteiger partial charge in [-0.3, -0.25) is 4.79 Å². The molecule has 1 heterocycles. The molecule has 0 aliphatic carbocycles. The van der Waals surface area contributed by atoms with Crippen LogP contribution in [0, 0.1) is 5.92 Å². The Labute approximate surface area is 86.2 Å². The van der Waals surface area contributed by atoms with E-state index < -0.39 is 0 Å². The highest BCUT2D eigenvalue weighted by Gasteiger charge is 2.37. The van der Waals surface area contributed by atoms with Crippen molar-refractivity contribution in [3.63, 3.8) is 0 Å². The molecule has 1 saturated heterocycles. The van der Waals surface area contributed by atoms with Gasteiger partial charge in [0.1, 0.15) is 0 Å². The third-order valence-corrected chi connectivity index (χ3v) is 3.05. The molecule has 1 rings (SSSR count). The molecule has 1 N–H and O–H groups in total. The zero-order valence-corrected chi connectivity index (χ0v) is 9.54. The molecule has 1 amide bonds. The molecule has 0 saturated carbocycles. The second-order valence-corrected chi connectivity index (χ2v) is 4.25. The van der Waals surface area contributed by atoms with Crippen LogP contribution in [0.4, 0.5) is 0 Å². The Bertz CT molecular complexity index is 205. The monoisotopic (exact) mass is 199 g/mol. The maximum absolute atomic E-state index is 11.4. The standard InChI is InChI=1S/C11H21NO2/c1-5-6-10(13)12-11-7(2)8(3)14-9(11)4/h7-9,11H,5-6H2,1-4H3,(H,12,13). The van der Waals surface area contributed by atoms with Gasteiger partial charge in [-0.05, 0) is 20.3 Å². The molecule has 4 atom stereocenters. The molecular formula is C11H21NO2. The fourth-order valence-corrected chi connectivity index (χ4v) is 2.00. The molecule has 0 aromatic heterocycles. The van der Waals surface area contributed by atoms with Crippen LogP contribution in [-0.4, -0.2) is 24.2 Å². The Morgan fingerprint density at radius 3 is 2.36 bits per heavy atom. The largest absolute Gasteiger partial charge is 0.373 e. The maximum atomic E-state index is 11.4. The first kappa shape index (κ1) is 11.5. The average Bonchev–Trinajstić information content (AvgIpc) is 2.33. The van der Waals surface area contributed by atoms with E-state index in [2.05, 4.69) is 19.2 Å². The molecule has 1 fully saturated rings. The zero-order valence-electron chi connectivity index (χ0n) is 9.54. The van der Waals surface area contributed by atoms with Gasteiger partial charge in [-0.2, -0.15) is 0 Å². The quantitative estimate of drug-likeness (QED) is 0.751. The lowest BCUT2D eigenvalue weighted by molar-refractivity contribution is -0.122. The molecule has 0 bridgehead atoms. The molecule has 0 aromatic rings. The first-order chi connectivity index (χ1) is 6.56. The van der Waals surface area contributed by atoms with Gasteiger partial charge in [-0.15, -0.1) is 0 Å². The number of hydrogen-bond acceptors (Lipinski definition) is 2. The number of nitrogens with one attached hydrogen (secondary N) is 1. The van der Waals surface area contributed by atoms with Crippen LogP contribution in [-0.2, 0) is 9.53 Å². The Balaban J connectivity index is 2.47. The second kappa shape index (κ2) is 4.78. The van der Waals surface area contributed by atoms with E-state index in [1.807, 2.05) is 13.8 Å². The van der Waals surface area contributed by atoms with Crippen LogP contribution in [0.1, 0.15) is 40.5 Å². The summed E-state index contributed by atoms with van der Waals surface area (Å²) in [5.41, 5.74) is 0. The summed E-state index contributed by atoms with van der Waals surface area (Å²) in [6.07, 6.45) is 1.90. The van der Waals surface area contributed by atoms with E-state index in [1.165, 1.54) is 0 Å². The highest BCUT2D eigenvalue weighted by molar-refractivity contribution is 5.76. The van der Waals surface area contributed by atoms with Crippen molar-refractivity contribution in [2.45, 2.75) is 58.8 Å². The van der Waals surface area contributed by atoms with Crippen molar-refractivity contribution in [1.82, 2.24) is 5.32 Å². The molecule has 0 radical (unpaired) electrons. The molecule has 3 heteroatoms. The van der Waals surface area contributed by atoms with Crippen LogP contribution in [0.2, 0.25) is 0 Å². The van der Waals surface area contributed by atoms with Crippen molar-refractivity contribution in [2.24, 2.45) is 5.92 Å². The van der Waals surface area contributed by atoms with Crippen molar-refractivity contribution in [1.29, 1.82) is 0 Å². The summed E-state index contributed by atoms with van der Waals surface area (Å²) in [6, 6.07) is 0.184. The van der Waals surface area contributed by atoms with E-state index in [1.54, 1.807) is 0 Å². The van der Waals surface area contributed by atoms with Gasteiger partial charge in [0, 0.05) is 12.3 Å². The molecule has 4 unspecified atom stereocenters. The fraction of sp³-hybridized carbons (Fsp3) is 0.909. The van der Waals surface area contributed by atoms with E-state index >= 15 is 0 Å². The molecular weight excluding hydrogens is 178 g/mol. The number of amides is 1. The third kappa shape index (κ3) is 2.47. The number of carbonyl (C=O) groups excluding carboxylic acids is 1. The molecule has 1 aliphatic rings. The summed E-state index contributed by atoms with van der Waals surface area (Å²) >= 11 is 0. The summed E-state index contributed by atoms with van der Waals surface area (Å²) in [5.74, 6) is 0.555. The van der Waals surface area contributed by atoms with E-state index in [0.717, 1.165) is 6.42 Å². The van der Waals surface area contributed by atoms with Crippen LogP contribution in [0.15, 0.2) is 0 Å². The third-order valence-electron chi connectivity index (χ3n) is 3.05. The van der Waals surface area contributed by atoms with Crippen molar-refractivity contribution in [3.8, 4) is 0 Å². The van der Waals surface area contributed by atoms with E-state index in [0.29, 0.717) is 12.3 Å². The topological polar surface area (TPSA) is 38.3 Å². The van der Waals surface area contributed by atoms with Gasteiger partial charge in [-0.1, -0.05) is 13.8 Å². The zero-order chi connectivity index (χ0) is 10.7. The lowest BCUT2D eigenvalue weighted by atomic mass is 9.97. The van der Waals surface area contributed by atoms with E-state index in [4.69, 9.17) is 4.74 Å². The first-order valence-electron chi connectivity index (χ1n) is 5.51. The highest BCUT2D eigenvalue weighted by Crippen LogP contribution is 2.26. The summed E-state index contributed by atoms with van der Waals surface area (Å²) in [7, 11) is 0. The van der Waals surface area contributed by atoms with Crippen molar-refractivity contribution >= 4 is 5.91 Å². The van der Waals surface area contributed by atoms with Crippen molar-refractivity contribution < 1.29 is 9.53 Å². The number of ether oxygens (including phenoxy) is 1. The average molecular weight is 199 g/mol. The maximum Gasteiger partial charge on any atom is 0.220 e. The van der Waals surface area contributed by atoms with Crippen molar-refractivity contribution in [3.05, 3.63) is 0 Å². The lowest BCUT2D eigenvalue weighted by Crippen LogP contribution is -2.42. The molecule has 82 valence electrons. The fourth-order valence-electron chi connectivity index (χ4n) is 2.00. The van der Waals surface area contributed by atoms with Gasteiger partial charge in [0.25, 0.3) is 0 Å². The van der Waals surface area contributed by atoms with E-state index in [-0.39, 0.29) is 24.2 Å². The number of rotatable bonds is 3. The van der Waals surface area contributed by atoms with E-state index in [9.17, 15) is 4.79 Å². The molecule has 0 spiro atoms. The van der Waals surface area contributed by atoms with Crippen LogP contribution in [0.5, 0.6) is 0 Å². The van der Waals surface area contributed by atoms with Gasteiger partial charge in [0.15, 0.2) is 0 Å². The SMILES string of the molecule is CCCC(=O)NC1C(C)OC(C)C1C. The lowest BCUT2D eigenvalue weighted by Gasteiger charge is -2.19. The summed E-state index contributed by atoms with van der Waals surface area (Å²) in [4.78, 5) is 11.4. The van der Waals surface area contributed by atoms with Gasteiger partial charge >= 0.3 is 0 Å². The van der Waals surface area contributed by atoms with Gasteiger partial charge in [-0.25, -0.2) is 0 Å². The van der Waals surface area contributed by atoms with Gasteiger partial charge in [0.05, 0.1) is 18.2 Å². The Morgan fingerprint density at radius 1 is 1.29 bits per heavy atom. The summed E-state index contributed by atoms with van der Waals surface area (Å²) < 4.78 is 5.65. The summed E-state index contributed by atoms with van der Waals surface area (Å²) in [5, 5.41) is 3.05. The molecule has 1 aliphatic heterocycles. The van der Waals surface area contributed by atoms with Crippen LogP contribution >= 0.6 is 0 Å². The van der Waals surface area contributed by atoms with Crippen LogP contribution in [0.3, 0.4) is 0 Å². The number of hydrogen-bond donors (Lipinski definition) is 1. The van der Waals surface area contributed by atoms with Crippen molar-refractivity contribution in [2.75, 3.05) is 0 Å². The Morgan fingerprint density at radius 2 is 1.93 bits per heavy atom. The minimum absolute atomic E-state index is 0.140. The summed E-state index contributed by atoms with van der Waals surface area (Å²) in [6.45, 7) is 8.23. The van der Waals surface area contributed by atoms with Crippen LogP contribution in [0.25, 0.3) is 0 Å². The smallest absolute Gasteiger partial charge is 0.220 e. The molecule has 3 nitrogen and oxygen atoms in total. The second-order valence-electron chi connectivity index (χ2n) is 4.25. The molecule has 0 aromatic carbocycles. The van der Waals surface area contributed by atoms with Gasteiger partial charge < -0.3 is 10.1 Å². The van der Waals surface area contributed by atoms with Crippen LogP contribution < -0.4 is 5.32 Å². The van der Waals surface area contributed by atoms with Gasteiger partial charge in [0.2, 0.25) is 5.91 Å². The Hall–Kier alpha value is -0.570. The minimum Gasteiger partial charge on any atom is -0.373 e. The predicted octanol–water partition coefficient (Wildman–Crippen LogP) is 1.71. The predicted molar refractivity (Wildman–Crippen MR) is 56.0 cm³/mol. The minimum atomic E-state index is 0.140. The molecule has 14 heavy (non-hydrogen) atoms. The first-order valence-corrected chi connectivity index (χ1v) is 5.51.